The summed E-state index contributed by atoms with van der Waals surface area (Å²) in [6, 6.07) is 3.97. The zero-order valence-corrected chi connectivity index (χ0v) is 13.2. The summed E-state index contributed by atoms with van der Waals surface area (Å²) in [6.45, 7) is 6.48. The van der Waals surface area contributed by atoms with E-state index < -0.39 is 0 Å². The highest BCUT2D eigenvalue weighted by molar-refractivity contribution is 5.83. The maximum Gasteiger partial charge on any atom is 0.226 e. The Balaban J connectivity index is 1.52. The van der Waals surface area contributed by atoms with Gasteiger partial charge in [0, 0.05) is 50.4 Å². The number of carbonyl (C=O) groups excluding carboxylic acids is 2. The first kappa shape index (κ1) is 15.0. The van der Waals surface area contributed by atoms with E-state index in [2.05, 4.69) is 4.98 Å². The summed E-state index contributed by atoms with van der Waals surface area (Å²) in [7, 11) is 0. The molecular formula is C17H23N3O2. The normalized spacial score (nSPS) is 24.5. The number of nitrogens with zero attached hydrogens (tertiary/aromatic N) is 3. The summed E-state index contributed by atoms with van der Waals surface area (Å²) < 4.78 is 0. The van der Waals surface area contributed by atoms with E-state index in [1.54, 1.807) is 6.20 Å². The Morgan fingerprint density at radius 2 is 1.86 bits per heavy atom. The number of hydrogen-bond acceptors (Lipinski definition) is 3. The van der Waals surface area contributed by atoms with Crippen molar-refractivity contribution in [1.29, 1.82) is 0 Å². The minimum absolute atomic E-state index is 0.0284. The molecule has 1 aliphatic heterocycles. The van der Waals surface area contributed by atoms with Crippen LogP contribution in [0.1, 0.15) is 31.7 Å². The highest BCUT2D eigenvalue weighted by Crippen LogP contribution is 2.48. The standard InChI is InChI=1S/C17H23N3O2/c1-12(2)16(21)19-6-8-20(9-7-19)17(22)15-10-14(15)13-4-3-5-18-11-13/h3-5,11-12,14-15H,6-10H2,1-2H3/t14-,15-/m0/s1. The van der Waals surface area contributed by atoms with E-state index in [-0.39, 0.29) is 23.7 Å². The van der Waals surface area contributed by atoms with Crippen molar-refractivity contribution >= 4 is 11.8 Å². The topological polar surface area (TPSA) is 53.5 Å². The van der Waals surface area contributed by atoms with Crippen molar-refractivity contribution < 1.29 is 9.59 Å². The number of hydrogen-bond donors (Lipinski definition) is 0. The first-order valence-electron chi connectivity index (χ1n) is 8.05. The van der Waals surface area contributed by atoms with Crippen molar-refractivity contribution in [3.8, 4) is 0 Å². The van der Waals surface area contributed by atoms with Crippen LogP contribution in [0.3, 0.4) is 0 Å². The SMILES string of the molecule is CC(C)C(=O)N1CCN(C(=O)[C@H]2C[C@H]2c2cccnc2)CC1. The van der Waals surface area contributed by atoms with Gasteiger partial charge in [-0.25, -0.2) is 0 Å². The Bertz CT molecular complexity index is 550. The third-order valence-electron chi connectivity index (χ3n) is 4.62. The van der Waals surface area contributed by atoms with Gasteiger partial charge in [-0.3, -0.25) is 14.6 Å². The van der Waals surface area contributed by atoms with E-state index in [9.17, 15) is 9.59 Å². The molecule has 1 aromatic rings. The van der Waals surface area contributed by atoms with Gasteiger partial charge in [0.15, 0.2) is 0 Å². The molecule has 0 bridgehead atoms. The van der Waals surface area contributed by atoms with E-state index in [0.717, 1.165) is 12.0 Å². The quantitative estimate of drug-likeness (QED) is 0.850. The molecule has 2 fully saturated rings. The van der Waals surface area contributed by atoms with Crippen LogP contribution in [-0.4, -0.2) is 52.8 Å². The van der Waals surface area contributed by atoms with E-state index in [1.165, 1.54) is 0 Å². The third-order valence-corrected chi connectivity index (χ3v) is 4.62. The fourth-order valence-electron chi connectivity index (χ4n) is 3.18. The second-order valence-corrected chi connectivity index (χ2v) is 6.54. The summed E-state index contributed by atoms with van der Waals surface area (Å²) >= 11 is 0. The zero-order chi connectivity index (χ0) is 15.7. The third kappa shape index (κ3) is 2.98. The fourth-order valence-corrected chi connectivity index (χ4v) is 3.18. The summed E-state index contributed by atoms with van der Waals surface area (Å²) in [5.74, 6) is 0.894. The lowest BCUT2D eigenvalue weighted by Gasteiger charge is -2.35. The maximum atomic E-state index is 12.6. The van der Waals surface area contributed by atoms with Crippen LogP contribution in [0.2, 0.25) is 0 Å². The number of aromatic nitrogens is 1. The van der Waals surface area contributed by atoms with Crippen LogP contribution in [0.25, 0.3) is 0 Å². The van der Waals surface area contributed by atoms with Crippen LogP contribution in [0.15, 0.2) is 24.5 Å². The van der Waals surface area contributed by atoms with Crippen molar-refractivity contribution in [3.05, 3.63) is 30.1 Å². The lowest BCUT2D eigenvalue weighted by atomic mass is 10.1. The molecule has 2 aliphatic rings. The number of carbonyl (C=O) groups is 2. The van der Waals surface area contributed by atoms with Gasteiger partial charge >= 0.3 is 0 Å². The van der Waals surface area contributed by atoms with Crippen LogP contribution >= 0.6 is 0 Å². The van der Waals surface area contributed by atoms with Crippen molar-refractivity contribution in [3.63, 3.8) is 0 Å². The molecule has 0 N–H and O–H groups in total. The Kier molecular flexibility index (Phi) is 4.14. The molecule has 0 aromatic carbocycles. The van der Waals surface area contributed by atoms with Gasteiger partial charge in [0.05, 0.1) is 0 Å². The van der Waals surface area contributed by atoms with Gasteiger partial charge in [0.1, 0.15) is 0 Å². The van der Waals surface area contributed by atoms with Crippen LogP contribution in [0.5, 0.6) is 0 Å². The molecule has 1 saturated heterocycles. The van der Waals surface area contributed by atoms with Gasteiger partial charge in [-0.2, -0.15) is 0 Å². The molecule has 2 heterocycles. The van der Waals surface area contributed by atoms with Crippen LogP contribution in [-0.2, 0) is 9.59 Å². The molecule has 0 radical (unpaired) electrons. The smallest absolute Gasteiger partial charge is 0.226 e. The second-order valence-electron chi connectivity index (χ2n) is 6.54. The molecule has 1 aromatic heterocycles. The molecule has 1 saturated carbocycles. The maximum absolute atomic E-state index is 12.6. The molecular weight excluding hydrogens is 278 g/mol. The lowest BCUT2D eigenvalue weighted by Crippen LogP contribution is -2.52. The van der Waals surface area contributed by atoms with Crippen LogP contribution in [0, 0.1) is 11.8 Å². The number of rotatable bonds is 3. The number of piperazine rings is 1. The first-order valence-corrected chi connectivity index (χ1v) is 8.05. The summed E-state index contributed by atoms with van der Waals surface area (Å²) in [5, 5.41) is 0. The summed E-state index contributed by atoms with van der Waals surface area (Å²) in [5.41, 5.74) is 1.16. The van der Waals surface area contributed by atoms with Crippen LogP contribution in [0.4, 0.5) is 0 Å². The van der Waals surface area contributed by atoms with E-state index in [1.807, 2.05) is 42.0 Å². The van der Waals surface area contributed by atoms with Gasteiger partial charge in [-0.05, 0) is 24.0 Å². The monoisotopic (exact) mass is 301 g/mol. The van der Waals surface area contributed by atoms with Gasteiger partial charge in [0.2, 0.25) is 11.8 Å². The molecule has 1 aliphatic carbocycles. The van der Waals surface area contributed by atoms with Gasteiger partial charge in [-0.1, -0.05) is 19.9 Å². The zero-order valence-electron chi connectivity index (χ0n) is 13.2. The Morgan fingerprint density at radius 3 is 2.45 bits per heavy atom. The average molecular weight is 301 g/mol. The fraction of sp³-hybridized carbons (Fsp3) is 0.588. The molecule has 22 heavy (non-hydrogen) atoms. The van der Waals surface area contributed by atoms with Crippen molar-refractivity contribution in [2.24, 2.45) is 11.8 Å². The van der Waals surface area contributed by atoms with Gasteiger partial charge < -0.3 is 9.80 Å². The van der Waals surface area contributed by atoms with Crippen molar-refractivity contribution in [2.45, 2.75) is 26.2 Å². The Hall–Kier alpha value is -1.91. The number of pyridine rings is 1. The predicted octanol–water partition coefficient (Wildman–Crippen LogP) is 1.51. The predicted molar refractivity (Wildman–Crippen MR) is 83.1 cm³/mol. The van der Waals surface area contributed by atoms with E-state index in [4.69, 9.17) is 0 Å². The summed E-state index contributed by atoms with van der Waals surface area (Å²) in [4.78, 5) is 32.5. The summed E-state index contributed by atoms with van der Waals surface area (Å²) in [6.07, 6.45) is 4.54. The average Bonchev–Trinajstić information content (AvgIpc) is 3.35. The molecule has 118 valence electrons. The van der Waals surface area contributed by atoms with E-state index >= 15 is 0 Å². The first-order chi connectivity index (χ1) is 10.6. The van der Waals surface area contributed by atoms with E-state index in [0.29, 0.717) is 32.1 Å². The molecule has 3 rings (SSSR count). The Labute approximate surface area is 131 Å². The molecule has 2 amide bonds. The molecule has 2 atom stereocenters. The molecule has 5 heteroatoms. The molecule has 0 spiro atoms. The molecule has 5 nitrogen and oxygen atoms in total. The van der Waals surface area contributed by atoms with Crippen LogP contribution < -0.4 is 0 Å². The minimum Gasteiger partial charge on any atom is -0.339 e. The largest absolute Gasteiger partial charge is 0.339 e. The van der Waals surface area contributed by atoms with Gasteiger partial charge in [0.25, 0.3) is 0 Å². The highest BCUT2D eigenvalue weighted by Gasteiger charge is 2.46. The van der Waals surface area contributed by atoms with Gasteiger partial charge in [-0.15, -0.1) is 0 Å². The second kappa shape index (κ2) is 6.07. The molecule has 0 unspecified atom stereocenters. The van der Waals surface area contributed by atoms with Crippen molar-refractivity contribution in [1.82, 2.24) is 14.8 Å². The van der Waals surface area contributed by atoms with Crippen molar-refractivity contribution in [2.75, 3.05) is 26.2 Å². The Morgan fingerprint density at radius 1 is 1.18 bits per heavy atom. The number of amides is 2. The highest BCUT2D eigenvalue weighted by atomic mass is 16.2. The minimum atomic E-state index is 0.0284. The lowest BCUT2D eigenvalue weighted by molar-refractivity contribution is -0.142.